The number of thiol groups is 1. The van der Waals surface area contributed by atoms with E-state index in [1.165, 1.54) is 5.56 Å². The maximum atomic E-state index is 12.1. The van der Waals surface area contributed by atoms with Gasteiger partial charge in [0.15, 0.2) is 0 Å². The Morgan fingerprint density at radius 3 is 2.33 bits per heavy atom. The quantitative estimate of drug-likeness (QED) is 0.320. The number of ether oxygens (including phenoxy) is 2. The topological polar surface area (TPSA) is 47.6 Å². The molecule has 4 nitrogen and oxygen atoms in total. The number of benzene rings is 2. The smallest absolute Gasteiger partial charge is 0.331 e. The highest BCUT2D eigenvalue weighted by atomic mass is 32.1. The van der Waals surface area contributed by atoms with Gasteiger partial charge in [-0.1, -0.05) is 42.5 Å². The molecule has 0 amide bonds. The minimum Gasteiger partial charge on any atom is -0.488 e. The molecule has 0 heterocycles. The average Bonchev–Trinajstić information content (AvgIpc) is 2.70. The SMILES string of the molecule is CCOC(=O)C=C(CNC(CS)Cc1ccccc1)c1ccc(OC(C)(C)C)cc1. The van der Waals surface area contributed by atoms with Gasteiger partial charge in [-0.15, -0.1) is 0 Å². The molecule has 0 bridgehead atoms. The van der Waals surface area contributed by atoms with Crippen molar-refractivity contribution in [1.82, 2.24) is 5.32 Å². The van der Waals surface area contributed by atoms with Crippen LogP contribution in [-0.4, -0.2) is 36.5 Å². The lowest BCUT2D eigenvalue weighted by atomic mass is 10.0. The summed E-state index contributed by atoms with van der Waals surface area (Å²) in [4.78, 5) is 12.1. The van der Waals surface area contributed by atoms with Crippen LogP contribution in [0.1, 0.15) is 38.8 Å². The van der Waals surface area contributed by atoms with Gasteiger partial charge in [-0.05, 0) is 62.9 Å². The average molecular weight is 428 g/mol. The summed E-state index contributed by atoms with van der Waals surface area (Å²) in [5.41, 5.74) is 2.82. The lowest BCUT2D eigenvalue weighted by molar-refractivity contribution is -0.137. The zero-order chi connectivity index (χ0) is 22.0. The van der Waals surface area contributed by atoms with Crippen molar-refractivity contribution in [2.45, 2.75) is 45.8 Å². The van der Waals surface area contributed by atoms with Gasteiger partial charge in [-0.3, -0.25) is 0 Å². The fraction of sp³-hybridized carbons (Fsp3) is 0.400. The van der Waals surface area contributed by atoms with Crippen molar-refractivity contribution in [3.63, 3.8) is 0 Å². The standard InChI is InChI=1S/C25H33NO3S/c1-5-28-24(27)16-21(20-11-13-23(14-12-20)29-25(2,3)4)17-26-22(18-30)15-19-9-7-6-8-10-19/h6-14,16,22,26,30H,5,15,17-18H2,1-4H3. The molecule has 5 heteroatoms. The summed E-state index contributed by atoms with van der Waals surface area (Å²) >= 11 is 4.50. The molecule has 2 aromatic rings. The third-order valence-corrected chi connectivity index (χ3v) is 4.80. The van der Waals surface area contributed by atoms with Gasteiger partial charge in [0.2, 0.25) is 0 Å². The van der Waals surface area contributed by atoms with E-state index in [2.05, 4.69) is 30.1 Å². The van der Waals surface area contributed by atoms with Crippen molar-refractivity contribution in [3.05, 3.63) is 71.8 Å². The fourth-order valence-corrected chi connectivity index (χ4v) is 3.27. The summed E-state index contributed by atoms with van der Waals surface area (Å²) in [6.07, 6.45) is 2.43. The first-order chi connectivity index (χ1) is 14.3. The molecule has 0 saturated carbocycles. The van der Waals surface area contributed by atoms with Crippen molar-refractivity contribution in [1.29, 1.82) is 0 Å². The Morgan fingerprint density at radius 1 is 1.10 bits per heavy atom. The summed E-state index contributed by atoms with van der Waals surface area (Å²) < 4.78 is 11.0. The first-order valence-electron chi connectivity index (χ1n) is 10.4. The zero-order valence-electron chi connectivity index (χ0n) is 18.4. The summed E-state index contributed by atoms with van der Waals surface area (Å²) in [5, 5.41) is 3.53. The van der Waals surface area contributed by atoms with Gasteiger partial charge in [-0.25, -0.2) is 4.79 Å². The number of carbonyl (C=O) groups is 1. The molecular weight excluding hydrogens is 394 g/mol. The molecule has 0 aliphatic rings. The van der Waals surface area contributed by atoms with Crippen LogP contribution >= 0.6 is 12.6 Å². The second kappa shape index (κ2) is 11.8. The van der Waals surface area contributed by atoms with Gasteiger partial charge in [0, 0.05) is 24.4 Å². The van der Waals surface area contributed by atoms with Crippen molar-refractivity contribution < 1.29 is 14.3 Å². The summed E-state index contributed by atoms with van der Waals surface area (Å²) in [5.74, 6) is 1.15. The van der Waals surface area contributed by atoms with Gasteiger partial charge in [0.25, 0.3) is 0 Å². The van der Waals surface area contributed by atoms with E-state index in [1.54, 1.807) is 13.0 Å². The number of carbonyl (C=O) groups excluding carboxylic acids is 1. The van der Waals surface area contributed by atoms with Gasteiger partial charge in [0.05, 0.1) is 6.61 Å². The van der Waals surface area contributed by atoms with E-state index in [1.807, 2.05) is 63.2 Å². The van der Waals surface area contributed by atoms with Crippen LogP contribution in [-0.2, 0) is 16.0 Å². The van der Waals surface area contributed by atoms with E-state index < -0.39 is 0 Å². The van der Waals surface area contributed by atoms with Crippen LogP contribution in [0.5, 0.6) is 5.75 Å². The number of rotatable bonds is 10. The molecule has 0 aliphatic carbocycles. The molecule has 0 saturated heterocycles. The molecule has 2 rings (SSSR count). The minimum absolute atomic E-state index is 0.185. The van der Waals surface area contributed by atoms with Crippen LogP contribution in [0, 0.1) is 0 Å². The number of esters is 1. The highest BCUT2D eigenvalue weighted by Gasteiger charge is 2.14. The third kappa shape index (κ3) is 8.64. The van der Waals surface area contributed by atoms with Crippen LogP contribution in [0.4, 0.5) is 0 Å². The van der Waals surface area contributed by atoms with Crippen LogP contribution in [0.15, 0.2) is 60.7 Å². The molecule has 162 valence electrons. The summed E-state index contributed by atoms with van der Waals surface area (Å²) in [6, 6.07) is 18.3. The Hall–Kier alpha value is -2.24. The van der Waals surface area contributed by atoms with Gasteiger partial charge >= 0.3 is 5.97 Å². The lowest BCUT2D eigenvalue weighted by Gasteiger charge is -2.22. The molecule has 0 spiro atoms. The van der Waals surface area contributed by atoms with Gasteiger partial charge in [0.1, 0.15) is 11.4 Å². The predicted octanol–water partition coefficient (Wildman–Crippen LogP) is 4.94. The minimum atomic E-state index is -0.338. The van der Waals surface area contributed by atoms with Crippen molar-refractivity contribution in [2.24, 2.45) is 0 Å². The van der Waals surface area contributed by atoms with Crippen molar-refractivity contribution in [3.8, 4) is 5.75 Å². The number of nitrogens with one attached hydrogen (secondary N) is 1. The van der Waals surface area contributed by atoms with Crippen LogP contribution in [0.2, 0.25) is 0 Å². The molecular formula is C25H33NO3S. The summed E-state index contributed by atoms with van der Waals surface area (Å²) in [7, 11) is 0. The highest BCUT2D eigenvalue weighted by Crippen LogP contribution is 2.22. The van der Waals surface area contributed by atoms with Gasteiger partial charge in [-0.2, -0.15) is 12.6 Å². The zero-order valence-corrected chi connectivity index (χ0v) is 19.2. The number of hydrogen-bond acceptors (Lipinski definition) is 5. The van der Waals surface area contributed by atoms with Crippen LogP contribution in [0.3, 0.4) is 0 Å². The maximum absolute atomic E-state index is 12.1. The molecule has 1 N–H and O–H groups in total. The van der Waals surface area contributed by atoms with Crippen molar-refractivity contribution >= 4 is 24.2 Å². The highest BCUT2D eigenvalue weighted by molar-refractivity contribution is 7.80. The van der Waals surface area contributed by atoms with E-state index in [9.17, 15) is 4.79 Å². The van der Waals surface area contributed by atoms with E-state index in [4.69, 9.17) is 9.47 Å². The molecule has 1 unspecified atom stereocenters. The largest absolute Gasteiger partial charge is 0.488 e. The van der Waals surface area contributed by atoms with E-state index in [0.29, 0.717) is 18.9 Å². The monoisotopic (exact) mass is 427 g/mol. The first kappa shape index (κ1) is 24.0. The Labute approximate surface area is 186 Å². The normalized spacial score (nSPS) is 13.0. The summed E-state index contributed by atoms with van der Waals surface area (Å²) in [6.45, 7) is 8.74. The van der Waals surface area contributed by atoms with Gasteiger partial charge < -0.3 is 14.8 Å². The first-order valence-corrected chi connectivity index (χ1v) is 11.0. The molecule has 0 aromatic heterocycles. The second-order valence-electron chi connectivity index (χ2n) is 8.11. The molecule has 0 radical (unpaired) electrons. The van der Waals surface area contributed by atoms with E-state index >= 15 is 0 Å². The third-order valence-electron chi connectivity index (χ3n) is 4.35. The Kier molecular flexibility index (Phi) is 9.47. The van der Waals surface area contributed by atoms with Crippen LogP contribution < -0.4 is 10.1 Å². The lowest BCUT2D eigenvalue weighted by Crippen LogP contribution is -2.34. The predicted molar refractivity (Wildman–Crippen MR) is 127 cm³/mol. The fourth-order valence-electron chi connectivity index (χ4n) is 3.01. The van der Waals surface area contributed by atoms with E-state index in [0.717, 1.165) is 23.3 Å². The van der Waals surface area contributed by atoms with Crippen LogP contribution in [0.25, 0.3) is 5.57 Å². The van der Waals surface area contributed by atoms with Crippen molar-refractivity contribution in [2.75, 3.05) is 18.9 Å². The Balaban J connectivity index is 2.13. The number of hydrogen-bond donors (Lipinski definition) is 2. The van der Waals surface area contributed by atoms with E-state index in [-0.39, 0.29) is 17.6 Å². The Morgan fingerprint density at radius 2 is 1.77 bits per heavy atom. The molecule has 0 aliphatic heterocycles. The molecule has 0 fully saturated rings. The molecule has 1 atom stereocenters. The molecule has 30 heavy (non-hydrogen) atoms. The maximum Gasteiger partial charge on any atom is 0.331 e. The second-order valence-corrected chi connectivity index (χ2v) is 8.48. The Bertz CT molecular complexity index is 811. The molecule has 2 aromatic carbocycles.